The molecule has 1 fully saturated rings. The molecule has 0 spiro atoms. The number of halogens is 1. The largest absolute Gasteiger partial charge is 0.394 e. The Kier molecular flexibility index (Phi) is 4.42. The maximum atomic E-state index is 13.7. The highest BCUT2D eigenvalue weighted by Crippen LogP contribution is 2.33. The van der Waals surface area contributed by atoms with Gasteiger partial charge in [-0.25, -0.2) is 4.39 Å². The summed E-state index contributed by atoms with van der Waals surface area (Å²) in [6, 6.07) is 3.26. The fourth-order valence-electron chi connectivity index (χ4n) is 2.77. The van der Waals surface area contributed by atoms with Gasteiger partial charge in [0.2, 0.25) is 0 Å². The van der Waals surface area contributed by atoms with Crippen molar-refractivity contribution in [2.45, 2.75) is 45.3 Å². The lowest BCUT2D eigenvalue weighted by Crippen LogP contribution is -2.42. The zero-order valence-corrected chi connectivity index (χ0v) is 11.6. The number of aryl methyl sites for hydroxylation is 1. The molecule has 1 unspecified atom stereocenters. The zero-order valence-electron chi connectivity index (χ0n) is 11.6. The van der Waals surface area contributed by atoms with Crippen LogP contribution >= 0.6 is 0 Å². The van der Waals surface area contributed by atoms with Gasteiger partial charge in [0.1, 0.15) is 5.82 Å². The number of anilines is 1. The van der Waals surface area contributed by atoms with E-state index >= 15 is 0 Å². The van der Waals surface area contributed by atoms with Gasteiger partial charge in [0.15, 0.2) is 0 Å². The summed E-state index contributed by atoms with van der Waals surface area (Å²) in [5.74, 6) is -0.294. The third-order valence-corrected chi connectivity index (χ3v) is 3.91. The van der Waals surface area contributed by atoms with Gasteiger partial charge in [-0.15, -0.1) is 0 Å². The molecule has 1 aromatic carbocycles. The van der Waals surface area contributed by atoms with Gasteiger partial charge in [0.25, 0.3) is 0 Å². The van der Waals surface area contributed by atoms with Gasteiger partial charge >= 0.3 is 0 Å². The Bertz CT molecular complexity index is 448. The summed E-state index contributed by atoms with van der Waals surface area (Å²) in [6.45, 7) is 4.31. The van der Waals surface area contributed by atoms with Crippen LogP contribution in [-0.4, -0.2) is 29.4 Å². The normalized spacial score (nSPS) is 21.5. The summed E-state index contributed by atoms with van der Waals surface area (Å²) < 4.78 is 13.7. The molecule has 0 aliphatic carbocycles. The molecule has 0 amide bonds. The van der Waals surface area contributed by atoms with Crippen LogP contribution in [0.5, 0.6) is 0 Å². The molecule has 3 nitrogen and oxygen atoms in total. The third-order valence-electron chi connectivity index (χ3n) is 3.91. The predicted molar refractivity (Wildman–Crippen MR) is 73.8 cm³/mol. The minimum absolute atomic E-state index is 0.0658. The molecule has 0 radical (unpaired) electrons. The molecule has 1 saturated heterocycles. The number of benzene rings is 1. The first kappa shape index (κ1) is 14.3. The van der Waals surface area contributed by atoms with E-state index in [0.29, 0.717) is 11.1 Å². The van der Waals surface area contributed by atoms with Crippen LogP contribution in [0, 0.1) is 12.7 Å². The summed E-state index contributed by atoms with van der Waals surface area (Å²) in [7, 11) is 0. The summed E-state index contributed by atoms with van der Waals surface area (Å²) in [5.41, 5.74) is 2.03. The van der Waals surface area contributed by atoms with E-state index in [4.69, 9.17) is 0 Å². The average Bonchev–Trinajstić information content (AvgIpc) is 2.41. The van der Waals surface area contributed by atoms with Crippen molar-refractivity contribution in [2.24, 2.45) is 0 Å². The minimum Gasteiger partial charge on any atom is -0.394 e. The lowest BCUT2D eigenvalue weighted by Gasteiger charge is -2.38. The maximum absolute atomic E-state index is 13.7. The number of piperidine rings is 1. The first-order chi connectivity index (χ1) is 9.04. The molecule has 1 aliphatic rings. The van der Waals surface area contributed by atoms with Crippen molar-refractivity contribution in [3.63, 3.8) is 0 Å². The Morgan fingerprint density at radius 3 is 2.79 bits per heavy atom. The van der Waals surface area contributed by atoms with E-state index in [9.17, 15) is 14.6 Å². The van der Waals surface area contributed by atoms with Crippen LogP contribution in [0.4, 0.5) is 10.1 Å². The highest BCUT2D eigenvalue weighted by atomic mass is 19.1. The zero-order chi connectivity index (χ0) is 14.0. The van der Waals surface area contributed by atoms with Gasteiger partial charge in [-0.3, -0.25) is 0 Å². The quantitative estimate of drug-likeness (QED) is 0.884. The van der Waals surface area contributed by atoms with Gasteiger partial charge < -0.3 is 15.1 Å². The van der Waals surface area contributed by atoms with E-state index in [1.54, 1.807) is 19.9 Å². The van der Waals surface area contributed by atoms with Crippen LogP contribution in [0.1, 0.15) is 43.4 Å². The van der Waals surface area contributed by atoms with Crippen LogP contribution in [0.3, 0.4) is 0 Å². The number of nitrogens with zero attached hydrogens (tertiary/aromatic N) is 1. The minimum atomic E-state index is -0.716. The van der Waals surface area contributed by atoms with Crippen molar-refractivity contribution in [1.82, 2.24) is 0 Å². The standard InChI is InChI=1S/C15H22FNO2/c1-10-7-15(13(11(2)19)8-14(10)16)17-6-4-3-5-12(17)9-18/h7-8,11-12,18-19H,3-6,9H2,1-2H3/t11-,12?/m1/s1. The van der Waals surface area contributed by atoms with E-state index in [1.807, 2.05) is 0 Å². The fourth-order valence-corrected chi connectivity index (χ4v) is 2.77. The van der Waals surface area contributed by atoms with Crippen molar-refractivity contribution in [3.8, 4) is 0 Å². The number of aliphatic hydroxyl groups is 2. The first-order valence-electron chi connectivity index (χ1n) is 6.90. The summed E-state index contributed by atoms with van der Waals surface area (Å²) in [5, 5.41) is 19.4. The second kappa shape index (κ2) is 5.88. The van der Waals surface area contributed by atoms with Crippen LogP contribution in [0.2, 0.25) is 0 Å². The fraction of sp³-hybridized carbons (Fsp3) is 0.600. The molecular formula is C15H22FNO2. The first-order valence-corrected chi connectivity index (χ1v) is 6.90. The van der Waals surface area contributed by atoms with E-state index in [1.165, 1.54) is 6.07 Å². The molecule has 106 valence electrons. The van der Waals surface area contributed by atoms with Crippen LogP contribution < -0.4 is 4.90 Å². The van der Waals surface area contributed by atoms with E-state index in [2.05, 4.69) is 4.90 Å². The molecule has 2 rings (SSSR count). The lowest BCUT2D eigenvalue weighted by atomic mass is 9.97. The summed E-state index contributed by atoms with van der Waals surface area (Å²) in [6.07, 6.45) is 2.39. The van der Waals surface area contributed by atoms with Gasteiger partial charge in [-0.2, -0.15) is 0 Å². The van der Waals surface area contributed by atoms with Crippen molar-refractivity contribution < 1.29 is 14.6 Å². The van der Waals surface area contributed by atoms with Crippen LogP contribution in [-0.2, 0) is 0 Å². The van der Waals surface area contributed by atoms with Crippen molar-refractivity contribution in [3.05, 3.63) is 29.1 Å². The van der Waals surface area contributed by atoms with Crippen molar-refractivity contribution in [1.29, 1.82) is 0 Å². The Morgan fingerprint density at radius 1 is 1.42 bits per heavy atom. The second-order valence-corrected chi connectivity index (χ2v) is 5.36. The van der Waals surface area contributed by atoms with E-state index in [-0.39, 0.29) is 18.5 Å². The molecule has 4 heteroatoms. The molecular weight excluding hydrogens is 245 g/mol. The summed E-state index contributed by atoms with van der Waals surface area (Å²) in [4.78, 5) is 2.11. The molecule has 2 atom stereocenters. The Balaban J connectivity index is 2.44. The number of rotatable bonds is 3. The molecule has 1 heterocycles. The maximum Gasteiger partial charge on any atom is 0.126 e. The van der Waals surface area contributed by atoms with Gasteiger partial charge in [-0.1, -0.05) is 0 Å². The molecule has 0 saturated carbocycles. The Morgan fingerprint density at radius 2 is 2.16 bits per heavy atom. The highest BCUT2D eigenvalue weighted by Gasteiger charge is 2.25. The SMILES string of the molecule is Cc1cc(N2CCCCC2CO)c([C@@H](C)O)cc1F. The van der Waals surface area contributed by atoms with Crippen LogP contribution in [0.15, 0.2) is 12.1 Å². The Labute approximate surface area is 113 Å². The molecule has 1 aliphatic heterocycles. The predicted octanol–water partition coefficient (Wildman–Crippen LogP) is 2.54. The average molecular weight is 267 g/mol. The smallest absolute Gasteiger partial charge is 0.126 e. The van der Waals surface area contributed by atoms with Crippen LogP contribution in [0.25, 0.3) is 0 Å². The number of aliphatic hydroxyl groups excluding tert-OH is 2. The van der Waals surface area contributed by atoms with Gasteiger partial charge in [0, 0.05) is 17.8 Å². The second-order valence-electron chi connectivity index (χ2n) is 5.36. The molecule has 1 aromatic rings. The monoisotopic (exact) mass is 267 g/mol. The van der Waals surface area contributed by atoms with Gasteiger partial charge in [-0.05, 0) is 50.8 Å². The molecule has 2 N–H and O–H groups in total. The third kappa shape index (κ3) is 2.90. The molecule has 0 aromatic heterocycles. The van der Waals surface area contributed by atoms with Gasteiger partial charge in [0.05, 0.1) is 18.8 Å². The molecule has 19 heavy (non-hydrogen) atoms. The number of hydrogen-bond donors (Lipinski definition) is 2. The summed E-state index contributed by atoms with van der Waals surface area (Å²) >= 11 is 0. The number of hydrogen-bond acceptors (Lipinski definition) is 3. The lowest BCUT2D eigenvalue weighted by molar-refractivity contribution is 0.197. The highest BCUT2D eigenvalue weighted by molar-refractivity contribution is 5.57. The van der Waals surface area contributed by atoms with Crippen molar-refractivity contribution in [2.75, 3.05) is 18.1 Å². The Hall–Kier alpha value is -1.13. The molecule has 0 bridgehead atoms. The van der Waals surface area contributed by atoms with E-state index in [0.717, 1.165) is 31.5 Å². The van der Waals surface area contributed by atoms with Crippen molar-refractivity contribution >= 4 is 5.69 Å². The van der Waals surface area contributed by atoms with E-state index < -0.39 is 6.10 Å². The topological polar surface area (TPSA) is 43.7 Å².